The molecule has 1 aliphatic rings. The van der Waals surface area contributed by atoms with Crippen molar-refractivity contribution in [2.45, 2.75) is 81.2 Å². The largest absolute Gasteiger partial charge is 0.378 e. The lowest BCUT2D eigenvalue weighted by Crippen LogP contribution is -2.10. The number of nitrogens with zero attached hydrogens (tertiary/aromatic N) is 2. The van der Waals surface area contributed by atoms with Crippen LogP contribution in [0.4, 0.5) is 5.69 Å². The molecule has 1 atom stereocenters. The summed E-state index contributed by atoms with van der Waals surface area (Å²) in [6, 6.07) is 67.9. The summed E-state index contributed by atoms with van der Waals surface area (Å²) in [7, 11) is 0. The number of allylic oxidation sites excluding steroid dienone is 3. The molecule has 0 saturated heterocycles. The number of aromatic nitrogens is 1. The highest BCUT2D eigenvalue weighted by atomic mass is 14.9. The number of hydrogen-bond acceptors (Lipinski definition) is 3. The lowest BCUT2D eigenvalue weighted by atomic mass is 9.89. The minimum absolute atomic E-state index is 0.127. The van der Waals surface area contributed by atoms with Crippen molar-refractivity contribution >= 4 is 11.4 Å². The summed E-state index contributed by atoms with van der Waals surface area (Å²) in [6.45, 7) is 19.0. The second-order valence-corrected chi connectivity index (χ2v) is 17.3. The molecule has 0 aliphatic heterocycles. The molecule has 1 unspecified atom stereocenters. The van der Waals surface area contributed by atoms with Gasteiger partial charge in [0.05, 0.1) is 22.8 Å². The molecule has 8 aromatic rings. The van der Waals surface area contributed by atoms with Crippen molar-refractivity contribution in [2.75, 3.05) is 5.32 Å². The molecule has 68 heavy (non-hydrogen) atoms. The first-order valence-electron chi connectivity index (χ1n) is 24.6. The molecule has 9 rings (SSSR count). The van der Waals surface area contributed by atoms with E-state index in [1.807, 2.05) is 27.7 Å². The number of anilines is 1. The third-order valence-electron chi connectivity index (χ3n) is 12.4. The lowest BCUT2D eigenvalue weighted by molar-refractivity contribution is 0.878. The molecule has 1 heterocycles. The maximum atomic E-state index is 5.72. The van der Waals surface area contributed by atoms with Gasteiger partial charge in [0, 0.05) is 34.0 Å². The van der Waals surface area contributed by atoms with Crippen molar-refractivity contribution in [3.63, 3.8) is 0 Å². The predicted molar refractivity (Wildman–Crippen MR) is 295 cm³/mol. The molecule has 0 fully saturated rings. The Morgan fingerprint density at radius 2 is 0.897 bits per heavy atom. The smallest absolute Gasteiger partial charge is 0.0788 e. The van der Waals surface area contributed by atoms with Crippen LogP contribution in [-0.4, -0.2) is 10.7 Å². The third-order valence-corrected chi connectivity index (χ3v) is 12.4. The monoisotopic (exact) mass is 890 g/mol. The number of rotatable bonds is 12. The quantitative estimate of drug-likeness (QED) is 0.124. The Hall–Kier alpha value is -7.36. The minimum Gasteiger partial charge on any atom is -0.378 e. The predicted octanol–water partition coefficient (Wildman–Crippen LogP) is 18.7. The normalized spacial score (nSPS) is 12.7. The lowest BCUT2D eigenvalue weighted by Gasteiger charge is -2.20. The summed E-state index contributed by atoms with van der Waals surface area (Å²) >= 11 is 0. The first kappa shape index (κ1) is 48.6. The van der Waals surface area contributed by atoms with Gasteiger partial charge in [-0.05, 0) is 107 Å². The van der Waals surface area contributed by atoms with Crippen molar-refractivity contribution in [1.82, 2.24) is 4.98 Å². The summed E-state index contributed by atoms with van der Waals surface area (Å²) < 4.78 is 0. The minimum atomic E-state index is 0.127. The van der Waals surface area contributed by atoms with Crippen LogP contribution in [0.25, 0.3) is 67.0 Å². The van der Waals surface area contributed by atoms with Crippen LogP contribution in [0.2, 0.25) is 0 Å². The number of benzene rings is 7. The van der Waals surface area contributed by atoms with E-state index in [0.29, 0.717) is 0 Å². The van der Waals surface area contributed by atoms with Crippen molar-refractivity contribution in [1.29, 1.82) is 0 Å². The van der Waals surface area contributed by atoms with Gasteiger partial charge >= 0.3 is 0 Å². The molecule has 0 spiro atoms. The van der Waals surface area contributed by atoms with Gasteiger partial charge in [-0.15, -0.1) is 0 Å². The fourth-order valence-electron chi connectivity index (χ4n) is 8.70. The van der Waals surface area contributed by atoms with E-state index in [2.05, 4.69) is 240 Å². The van der Waals surface area contributed by atoms with Crippen LogP contribution in [-0.2, 0) is 0 Å². The van der Waals surface area contributed by atoms with Gasteiger partial charge in [0.15, 0.2) is 0 Å². The molecular formula is C65H67N3. The van der Waals surface area contributed by atoms with Crippen molar-refractivity contribution in [3.05, 3.63) is 228 Å². The number of nitrogens with one attached hydrogen (secondary N) is 1. The van der Waals surface area contributed by atoms with E-state index in [1.54, 1.807) is 0 Å². The van der Waals surface area contributed by atoms with Crippen molar-refractivity contribution in [2.24, 2.45) is 10.9 Å². The summed E-state index contributed by atoms with van der Waals surface area (Å²) in [5.74, 6) is 0.263. The summed E-state index contributed by atoms with van der Waals surface area (Å²) in [5, 5.41) is 3.73. The van der Waals surface area contributed by atoms with Crippen molar-refractivity contribution in [3.8, 4) is 67.0 Å². The van der Waals surface area contributed by atoms with Crippen LogP contribution in [0.15, 0.2) is 216 Å². The van der Waals surface area contributed by atoms with Gasteiger partial charge in [-0.25, -0.2) is 4.98 Å². The fourth-order valence-corrected chi connectivity index (χ4v) is 8.70. The molecule has 0 radical (unpaired) electrons. The van der Waals surface area contributed by atoms with E-state index in [4.69, 9.17) is 9.98 Å². The van der Waals surface area contributed by atoms with Gasteiger partial charge in [-0.1, -0.05) is 230 Å². The number of aliphatic imine (C=N–C) groups is 1. The second kappa shape index (κ2) is 23.4. The molecule has 3 nitrogen and oxygen atoms in total. The molecule has 1 aliphatic carbocycles. The van der Waals surface area contributed by atoms with Gasteiger partial charge in [-0.2, -0.15) is 0 Å². The molecule has 0 bridgehead atoms. The maximum Gasteiger partial charge on any atom is 0.0788 e. The Balaban J connectivity index is 0.00000167. The molecule has 7 aromatic carbocycles. The van der Waals surface area contributed by atoms with Crippen LogP contribution in [0.3, 0.4) is 0 Å². The molecular weight excluding hydrogens is 823 g/mol. The zero-order chi connectivity index (χ0) is 48.0. The average molecular weight is 890 g/mol. The van der Waals surface area contributed by atoms with E-state index in [-0.39, 0.29) is 12.0 Å². The Morgan fingerprint density at radius 3 is 1.38 bits per heavy atom. The SMILES string of the molecule is CC.CC.CC1=CCCC=C1N=C(c1ccc(-c2cc(-c3ccc(C(C)Nc4ccccc4C)cc3)c(-c3ccc(-c4ccccc4)cc3)nc2-c2ccc(-c3ccccc3)cc2)cc1)C(C)C. The molecule has 1 aromatic heterocycles. The Bertz CT molecular complexity index is 2960. The Labute approximate surface area is 407 Å². The number of aryl methyl sites for hydroxylation is 1. The zero-order valence-electron chi connectivity index (χ0n) is 41.5. The molecule has 1 N–H and O–H groups in total. The highest BCUT2D eigenvalue weighted by Gasteiger charge is 2.20. The Kier molecular flexibility index (Phi) is 16.7. The number of para-hydroxylation sites is 1. The second-order valence-electron chi connectivity index (χ2n) is 17.3. The van der Waals surface area contributed by atoms with Gasteiger partial charge in [-0.3, -0.25) is 4.99 Å². The van der Waals surface area contributed by atoms with Crippen LogP contribution in [0.1, 0.15) is 91.0 Å². The van der Waals surface area contributed by atoms with E-state index >= 15 is 0 Å². The standard InChI is InChI=1S/C61H55N3.2C2H6/c1-41(2)59(63-58-23-15-13-17-43(58)4)52-38-32-51(33-39-52)56-40-55(50-30-24-45(25-31-50)44(5)62-57-22-14-12-16-42(57)3)60(53-34-26-48(27-35-53)46-18-8-6-9-19-46)64-61(56)54-36-28-49(29-37-54)47-20-10-7-11-21-47;2*1-2/h6-12,14,16-41,44,62H,13,15H2,1-5H3;2*1-2H3. The van der Waals surface area contributed by atoms with E-state index < -0.39 is 0 Å². The highest BCUT2D eigenvalue weighted by Crippen LogP contribution is 2.41. The third kappa shape index (κ3) is 11.4. The van der Waals surface area contributed by atoms with Gasteiger partial charge in [0.1, 0.15) is 0 Å². The molecule has 3 heteroatoms. The van der Waals surface area contributed by atoms with Gasteiger partial charge in [0.2, 0.25) is 0 Å². The van der Waals surface area contributed by atoms with Crippen LogP contribution < -0.4 is 5.32 Å². The number of pyridine rings is 1. The zero-order valence-corrected chi connectivity index (χ0v) is 41.5. The maximum absolute atomic E-state index is 5.72. The van der Waals surface area contributed by atoms with Gasteiger partial charge in [0.25, 0.3) is 0 Å². The van der Waals surface area contributed by atoms with Gasteiger partial charge < -0.3 is 5.32 Å². The van der Waals surface area contributed by atoms with Crippen LogP contribution >= 0.6 is 0 Å². The van der Waals surface area contributed by atoms with Crippen LogP contribution in [0, 0.1) is 12.8 Å². The topological polar surface area (TPSA) is 37.3 Å². The van der Waals surface area contributed by atoms with E-state index in [0.717, 1.165) is 80.3 Å². The first-order chi connectivity index (χ1) is 33.3. The fraction of sp³-hybridized carbons (Fsp3) is 0.200. The van der Waals surface area contributed by atoms with Crippen molar-refractivity contribution < 1.29 is 0 Å². The van der Waals surface area contributed by atoms with E-state index in [1.165, 1.54) is 39.0 Å². The highest BCUT2D eigenvalue weighted by molar-refractivity contribution is 6.03. The van der Waals surface area contributed by atoms with Crippen LogP contribution in [0.5, 0.6) is 0 Å². The summed E-state index contributed by atoms with van der Waals surface area (Å²) in [4.78, 5) is 11.0. The Morgan fingerprint density at radius 1 is 0.471 bits per heavy atom. The van der Waals surface area contributed by atoms with E-state index in [9.17, 15) is 0 Å². The number of hydrogen-bond donors (Lipinski definition) is 1. The molecule has 0 amide bonds. The summed E-state index contributed by atoms with van der Waals surface area (Å²) in [5.41, 5.74) is 21.3. The average Bonchev–Trinajstić information content (AvgIpc) is 3.40. The first-order valence-corrected chi connectivity index (χ1v) is 24.6. The molecule has 342 valence electrons. The molecule has 0 saturated carbocycles. The summed E-state index contributed by atoms with van der Waals surface area (Å²) in [6.07, 6.45) is 6.69.